The largest absolute Gasteiger partial charge is 0.493 e. The molecule has 1 aromatic rings. The van der Waals surface area contributed by atoms with Crippen LogP contribution in [0.3, 0.4) is 0 Å². The van der Waals surface area contributed by atoms with E-state index < -0.39 is 0 Å². The molecule has 0 N–H and O–H groups in total. The fraction of sp³-hybridized carbons (Fsp3) is 0.455. The van der Waals surface area contributed by atoms with Crippen LogP contribution in [0.25, 0.3) is 0 Å². The number of benzene rings is 1. The van der Waals surface area contributed by atoms with E-state index in [4.69, 9.17) is 16.3 Å². The average molecular weight is 197 g/mol. The van der Waals surface area contributed by atoms with Crippen LogP contribution >= 0.6 is 11.6 Å². The Kier molecular flexibility index (Phi) is 2.20. The minimum atomic E-state index is 0.431. The first-order chi connectivity index (χ1) is 6.20. The summed E-state index contributed by atoms with van der Waals surface area (Å²) in [7, 11) is 0. The Morgan fingerprint density at radius 3 is 2.85 bits per heavy atom. The van der Waals surface area contributed by atoms with Crippen LogP contribution in [-0.4, -0.2) is 6.61 Å². The Labute approximate surface area is 83.7 Å². The van der Waals surface area contributed by atoms with Gasteiger partial charge < -0.3 is 4.74 Å². The predicted octanol–water partition coefficient (Wildman–Crippen LogP) is 3.40. The zero-order valence-electron chi connectivity index (χ0n) is 7.93. The standard InChI is InChI=1S/C11H13ClO/c1-7(2)10-9(12)4-3-8-5-6-13-11(8)10/h3-4,7H,5-6H2,1-2H3. The van der Waals surface area contributed by atoms with Crippen LogP contribution in [0.5, 0.6) is 5.75 Å². The van der Waals surface area contributed by atoms with E-state index >= 15 is 0 Å². The van der Waals surface area contributed by atoms with Gasteiger partial charge in [0.1, 0.15) is 5.75 Å². The van der Waals surface area contributed by atoms with Gasteiger partial charge in [0, 0.05) is 17.0 Å². The molecule has 70 valence electrons. The first kappa shape index (κ1) is 8.89. The summed E-state index contributed by atoms with van der Waals surface area (Å²) in [5, 5.41) is 0.829. The summed E-state index contributed by atoms with van der Waals surface area (Å²) in [5.74, 6) is 1.46. The molecule has 1 aliphatic rings. The summed E-state index contributed by atoms with van der Waals surface area (Å²) < 4.78 is 5.59. The zero-order valence-corrected chi connectivity index (χ0v) is 8.69. The third kappa shape index (κ3) is 1.42. The topological polar surface area (TPSA) is 9.23 Å². The molecule has 0 saturated carbocycles. The van der Waals surface area contributed by atoms with Crippen molar-refractivity contribution in [2.45, 2.75) is 26.2 Å². The first-order valence-electron chi connectivity index (χ1n) is 4.64. The Bertz CT molecular complexity index is 331. The van der Waals surface area contributed by atoms with Crippen LogP contribution in [0, 0.1) is 0 Å². The predicted molar refractivity (Wildman–Crippen MR) is 54.7 cm³/mol. The lowest BCUT2D eigenvalue weighted by molar-refractivity contribution is 0.352. The highest BCUT2D eigenvalue weighted by atomic mass is 35.5. The van der Waals surface area contributed by atoms with Crippen molar-refractivity contribution in [2.24, 2.45) is 0 Å². The van der Waals surface area contributed by atoms with Gasteiger partial charge in [-0.25, -0.2) is 0 Å². The van der Waals surface area contributed by atoms with Gasteiger partial charge in [0.2, 0.25) is 0 Å². The zero-order chi connectivity index (χ0) is 9.42. The van der Waals surface area contributed by atoms with Gasteiger partial charge in [0.05, 0.1) is 6.61 Å². The molecule has 1 aliphatic heterocycles. The minimum Gasteiger partial charge on any atom is -0.493 e. The molecule has 0 aromatic heterocycles. The van der Waals surface area contributed by atoms with Crippen LogP contribution in [0.1, 0.15) is 30.9 Å². The molecule has 0 fully saturated rings. The van der Waals surface area contributed by atoms with Crippen LogP contribution < -0.4 is 4.74 Å². The van der Waals surface area contributed by atoms with Crippen molar-refractivity contribution in [1.29, 1.82) is 0 Å². The maximum Gasteiger partial charge on any atom is 0.127 e. The normalized spacial score (nSPS) is 14.5. The molecule has 0 spiro atoms. The highest BCUT2D eigenvalue weighted by Crippen LogP contribution is 2.38. The molecule has 0 bridgehead atoms. The number of rotatable bonds is 1. The second-order valence-electron chi connectivity index (χ2n) is 3.70. The fourth-order valence-corrected chi connectivity index (χ4v) is 2.16. The molecule has 2 rings (SSSR count). The Morgan fingerprint density at radius 2 is 2.15 bits per heavy atom. The summed E-state index contributed by atoms with van der Waals surface area (Å²) in [6.07, 6.45) is 1.02. The molecule has 0 aliphatic carbocycles. The molecule has 1 aromatic carbocycles. The average Bonchev–Trinajstić information content (AvgIpc) is 2.50. The van der Waals surface area contributed by atoms with Gasteiger partial charge >= 0.3 is 0 Å². The summed E-state index contributed by atoms with van der Waals surface area (Å²) in [4.78, 5) is 0. The van der Waals surface area contributed by atoms with Gasteiger partial charge in [0.15, 0.2) is 0 Å². The van der Waals surface area contributed by atoms with Gasteiger partial charge in [0.25, 0.3) is 0 Å². The van der Waals surface area contributed by atoms with Crippen molar-refractivity contribution in [2.75, 3.05) is 6.61 Å². The molecule has 0 saturated heterocycles. The molecule has 0 amide bonds. The van der Waals surface area contributed by atoms with E-state index in [1.54, 1.807) is 0 Å². The Hall–Kier alpha value is -0.690. The van der Waals surface area contributed by atoms with E-state index in [1.807, 2.05) is 6.07 Å². The van der Waals surface area contributed by atoms with Gasteiger partial charge in [-0.1, -0.05) is 31.5 Å². The first-order valence-corrected chi connectivity index (χ1v) is 5.02. The molecule has 1 heterocycles. The molecule has 2 heteroatoms. The summed E-state index contributed by atoms with van der Waals surface area (Å²) in [6.45, 7) is 5.09. The van der Waals surface area contributed by atoms with Crippen LogP contribution in [0.4, 0.5) is 0 Å². The molecule has 0 unspecified atom stereocenters. The maximum atomic E-state index is 6.12. The molecule has 1 nitrogen and oxygen atoms in total. The highest BCUT2D eigenvalue weighted by Gasteiger charge is 2.20. The lowest BCUT2D eigenvalue weighted by Crippen LogP contribution is -1.94. The molecular weight excluding hydrogens is 184 g/mol. The van der Waals surface area contributed by atoms with Gasteiger partial charge in [-0.3, -0.25) is 0 Å². The van der Waals surface area contributed by atoms with Crippen LogP contribution in [-0.2, 0) is 6.42 Å². The molecule has 0 atom stereocenters. The second kappa shape index (κ2) is 3.22. The number of hydrogen-bond acceptors (Lipinski definition) is 1. The monoisotopic (exact) mass is 196 g/mol. The molecule has 0 radical (unpaired) electrons. The SMILES string of the molecule is CC(C)c1c(Cl)ccc2c1OCC2. The second-order valence-corrected chi connectivity index (χ2v) is 4.11. The van der Waals surface area contributed by atoms with Crippen molar-refractivity contribution < 1.29 is 4.74 Å². The number of ether oxygens (including phenoxy) is 1. The van der Waals surface area contributed by atoms with Crippen molar-refractivity contribution in [1.82, 2.24) is 0 Å². The van der Waals surface area contributed by atoms with Crippen molar-refractivity contribution in [3.63, 3.8) is 0 Å². The number of hydrogen-bond donors (Lipinski definition) is 0. The smallest absolute Gasteiger partial charge is 0.127 e. The third-order valence-corrected chi connectivity index (χ3v) is 2.75. The quantitative estimate of drug-likeness (QED) is 0.669. The van der Waals surface area contributed by atoms with E-state index in [2.05, 4.69) is 19.9 Å². The van der Waals surface area contributed by atoms with Crippen molar-refractivity contribution >= 4 is 11.6 Å². The van der Waals surface area contributed by atoms with Crippen molar-refractivity contribution in [3.8, 4) is 5.75 Å². The highest BCUT2D eigenvalue weighted by molar-refractivity contribution is 6.31. The summed E-state index contributed by atoms with van der Waals surface area (Å²) in [6, 6.07) is 4.04. The minimum absolute atomic E-state index is 0.431. The number of halogens is 1. The van der Waals surface area contributed by atoms with Gasteiger partial charge in [-0.2, -0.15) is 0 Å². The van der Waals surface area contributed by atoms with E-state index in [-0.39, 0.29) is 0 Å². The summed E-state index contributed by atoms with van der Waals surface area (Å²) in [5.41, 5.74) is 2.46. The van der Waals surface area contributed by atoms with Crippen molar-refractivity contribution in [3.05, 3.63) is 28.3 Å². The number of fused-ring (bicyclic) bond motifs is 1. The van der Waals surface area contributed by atoms with E-state index in [0.717, 1.165) is 29.4 Å². The Balaban J connectivity index is 2.58. The van der Waals surface area contributed by atoms with E-state index in [9.17, 15) is 0 Å². The fourth-order valence-electron chi connectivity index (χ4n) is 1.79. The van der Waals surface area contributed by atoms with E-state index in [1.165, 1.54) is 5.56 Å². The molecular formula is C11H13ClO. The van der Waals surface area contributed by atoms with Gasteiger partial charge in [-0.05, 0) is 17.5 Å². The third-order valence-electron chi connectivity index (χ3n) is 2.42. The maximum absolute atomic E-state index is 6.12. The van der Waals surface area contributed by atoms with Crippen LogP contribution in [0.2, 0.25) is 5.02 Å². The molecule has 13 heavy (non-hydrogen) atoms. The van der Waals surface area contributed by atoms with Gasteiger partial charge in [-0.15, -0.1) is 0 Å². The Morgan fingerprint density at radius 1 is 1.38 bits per heavy atom. The van der Waals surface area contributed by atoms with Crippen LogP contribution in [0.15, 0.2) is 12.1 Å². The summed E-state index contributed by atoms with van der Waals surface area (Å²) >= 11 is 6.12. The van der Waals surface area contributed by atoms with E-state index in [0.29, 0.717) is 5.92 Å². The lowest BCUT2D eigenvalue weighted by atomic mass is 9.99. The lowest BCUT2D eigenvalue weighted by Gasteiger charge is -2.12.